The summed E-state index contributed by atoms with van der Waals surface area (Å²) in [6, 6.07) is 19.9. The molecule has 2 N–H and O–H groups in total. The predicted octanol–water partition coefficient (Wildman–Crippen LogP) is 4.61. The molecule has 0 bridgehead atoms. The lowest BCUT2D eigenvalue weighted by atomic mass is 10.2. The molecule has 0 aliphatic heterocycles. The number of nitrogens with zero attached hydrogens (tertiary/aromatic N) is 2. The van der Waals surface area contributed by atoms with Crippen molar-refractivity contribution in [2.24, 2.45) is 4.99 Å². The van der Waals surface area contributed by atoms with E-state index < -0.39 is 0 Å². The van der Waals surface area contributed by atoms with E-state index in [0.717, 1.165) is 34.4 Å². The fourth-order valence-electron chi connectivity index (χ4n) is 2.96. The molecular formula is C22H23IN4O2. The topological polar surface area (TPSA) is 75.6 Å². The fourth-order valence-corrected chi connectivity index (χ4v) is 2.96. The SMILES string of the molecule is CN=C(NCCc1cc2ccccc2o1)NCc1coc(-c2ccccc2)n1.I. The summed E-state index contributed by atoms with van der Waals surface area (Å²) in [5, 5.41) is 7.67. The summed E-state index contributed by atoms with van der Waals surface area (Å²) in [7, 11) is 1.74. The number of oxazole rings is 1. The molecule has 0 amide bonds. The van der Waals surface area contributed by atoms with E-state index in [0.29, 0.717) is 24.9 Å². The van der Waals surface area contributed by atoms with Gasteiger partial charge in [-0.3, -0.25) is 4.99 Å². The summed E-state index contributed by atoms with van der Waals surface area (Å²) < 4.78 is 11.4. The fraction of sp³-hybridized carbons (Fsp3) is 0.182. The maximum Gasteiger partial charge on any atom is 0.226 e. The summed E-state index contributed by atoms with van der Waals surface area (Å²) in [4.78, 5) is 8.76. The average molecular weight is 502 g/mol. The lowest BCUT2D eigenvalue weighted by Crippen LogP contribution is -2.37. The van der Waals surface area contributed by atoms with Crippen molar-refractivity contribution in [2.75, 3.05) is 13.6 Å². The lowest BCUT2D eigenvalue weighted by molar-refractivity contribution is 0.544. The van der Waals surface area contributed by atoms with Crippen LogP contribution in [0, 0.1) is 0 Å². The first-order valence-corrected chi connectivity index (χ1v) is 9.23. The predicted molar refractivity (Wildman–Crippen MR) is 125 cm³/mol. The first-order chi connectivity index (χ1) is 13.8. The van der Waals surface area contributed by atoms with Gasteiger partial charge in [-0.25, -0.2) is 4.98 Å². The van der Waals surface area contributed by atoms with Gasteiger partial charge in [0.05, 0.1) is 12.2 Å². The molecule has 0 atom stereocenters. The molecule has 2 heterocycles. The zero-order valence-corrected chi connectivity index (χ0v) is 18.4. The van der Waals surface area contributed by atoms with Crippen molar-refractivity contribution < 1.29 is 8.83 Å². The lowest BCUT2D eigenvalue weighted by Gasteiger charge is -2.09. The van der Waals surface area contributed by atoms with Crippen molar-refractivity contribution in [3.05, 3.63) is 78.4 Å². The Morgan fingerprint density at radius 2 is 1.83 bits per heavy atom. The summed E-state index contributed by atoms with van der Waals surface area (Å²) in [6.45, 7) is 1.24. The molecule has 0 aliphatic carbocycles. The number of rotatable bonds is 6. The average Bonchev–Trinajstić information content (AvgIpc) is 3.38. The molecule has 7 heteroatoms. The van der Waals surface area contributed by atoms with E-state index in [-0.39, 0.29) is 24.0 Å². The smallest absolute Gasteiger partial charge is 0.226 e. The molecule has 2 aromatic carbocycles. The number of halogens is 1. The van der Waals surface area contributed by atoms with Crippen molar-refractivity contribution in [3.63, 3.8) is 0 Å². The van der Waals surface area contributed by atoms with Crippen LogP contribution in [0.2, 0.25) is 0 Å². The van der Waals surface area contributed by atoms with Crippen LogP contribution >= 0.6 is 24.0 Å². The van der Waals surface area contributed by atoms with E-state index in [2.05, 4.69) is 32.7 Å². The quantitative estimate of drug-likeness (QED) is 0.229. The number of hydrogen-bond donors (Lipinski definition) is 2. The van der Waals surface area contributed by atoms with E-state index >= 15 is 0 Å². The van der Waals surface area contributed by atoms with Gasteiger partial charge in [0, 0.05) is 31.0 Å². The van der Waals surface area contributed by atoms with Crippen molar-refractivity contribution in [3.8, 4) is 11.5 Å². The molecule has 29 heavy (non-hydrogen) atoms. The molecule has 0 spiro atoms. The van der Waals surface area contributed by atoms with Gasteiger partial charge in [-0.1, -0.05) is 36.4 Å². The van der Waals surface area contributed by atoms with Gasteiger partial charge in [0.2, 0.25) is 5.89 Å². The number of hydrogen-bond acceptors (Lipinski definition) is 4. The molecule has 0 aliphatic rings. The van der Waals surface area contributed by atoms with Crippen molar-refractivity contribution in [1.82, 2.24) is 15.6 Å². The third kappa shape index (κ3) is 5.38. The number of benzene rings is 2. The highest BCUT2D eigenvalue weighted by atomic mass is 127. The molecule has 0 saturated heterocycles. The van der Waals surface area contributed by atoms with Crippen LogP contribution < -0.4 is 10.6 Å². The van der Waals surface area contributed by atoms with Gasteiger partial charge in [0.25, 0.3) is 0 Å². The third-order valence-electron chi connectivity index (χ3n) is 4.37. The van der Waals surface area contributed by atoms with Gasteiger partial charge in [0.1, 0.15) is 17.6 Å². The minimum Gasteiger partial charge on any atom is -0.461 e. The summed E-state index contributed by atoms with van der Waals surface area (Å²) in [5.74, 6) is 2.28. The van der Waals surface area contributed by atoms with E-state index in [1.165, 1.54) is 0 Å². The second kappa shape index (κ2) is 10.1. The molecule has 0 saturated carbocycles. The van der Waals surface area contributed by atoms with E-state index in [1.807, 2.05) is 48.5 Å². The van der Waals surface area contributed by atoms with Crippen molar-refractivity contribution >= 4 is 40.9 Å². The Labute approximate surface area is 186 Å². The monoisotopic (exact) mass is 502 g/mol. The van der Waals surface area contributed by atoms with Crippen LogP contribution in [0.3, 0.4) is 0 Å². The highest BCUT2D eigenvalue weighted by molar-refractivity contribution is 14.0. The Balaban J connectivity index is 0.00000240. The first-order valence-electron chi connectivity index (χ1n) is 9.23. The molecule has 6 nitrogen and oxygen atoms in total. The Kier molecular flexibility index (Phi) is 7.29. The molecule has 0 radical (unpaired) electrons. The van der Waals surface area contributed by atoms with Crippen LogP contribution in [-0.4, -0.2) is 24.5 Å². The third-order valence-corrected chi connectivity index (χ3v) is 4.37. The number of guanidine groups is 1. The highest BCUT2D eigenvalue weighted by Gasteiger charge is 2.07. The standard InChI is InChI=1S/C22H22N4O2.HI/c1-23-22(24-12-11-19-13-17-9-5-6-10-20(17)28-19)25-14-18-15-27-21(26-18)16-7-3-2-4-8-16;/h2-10,13,15H,11-12,14H2,1H3,(H2,23,24,25);1H. The molecular weight excluding hydrogens is 479 g/mol. The van der Waals surface area contributed by atoms with Gasteiger partial charge >= 0.3 is 0 Å². The van der Waals surface area contributed by atoms with Gasteiger partial charge in [-0.2, -0.15) is 0 Å². The zero-order chi connectivity index (χ0) is 19.2. The maximum absolute atomic E-state index is 5.83. The highest BCUT2D eigenvalue weighted by Crippen LogP contribution is 2.19. The van der Waals surface area contributed by atoms with Crippen LogP contribution in [0.15, 0.2) is 80.8 Å². The summed E-state index contributed by atoms with van der Waals surface area (Å²) >= 11 is 0. The van der Waals surface area contributed by atoms with Crippen LogP contribution in [0.5, 0.6) is 0 Å². The first kappa shape index (κ1) is 20.9. The van der Waals surface area contributed by atoms with Gasteiger partial charge < -0.3 is 19.5 Å². The molecule has 0 unspecified atom stereocenters. The van der Waals surface area contributed by atoms with Gasteiger partial charge in [-0.05, 0) is 24.3 Å². The molecule has 150 valence electrons. The number of fused-ring (bicyclic) bond motifs is 1. The van der Waals surface area contributed by atoms with Crippen molar-refractivity contribution in [1.29, 1.82) is 0 Å². The van der Waals surface area contributed by atoms with Crippen LogP contribution in [0.1, 0.15) is 11.5 Å². The molecule has 0 fully saturated rings. The second-order valence-electron chi connectivity index (χ2n) is 6.36. The molecule has 4 rings (SSSR count). The maximum atomic E-state index is 5.83. The number of para-hydroxylation sites is 1. The number of furan rings is 1. The van der Waals surface area contributed by atoms with Crippen LogP contribution in [-0.2, 0) is 13.0 Å². The van der Waals surface area contributed by atoms with Gasteiger partial charge in [-0.15, -0.1) is 24.0 Å². The normalized spacial score (nSPS) is 11.3. The Bertz CT molecular complexity index is 1040. The summed E-state index contributed by atoms with van der Waals surface area (Å²) in [6.07, 6.45) is 2.44. The Hall–Kier alpha value is -2.81. The number of aliphatic imine (C=N–C) groups is 1. The minimum absolute atomic E-state index is 0. The Morgan fingerprint density at radius 3 is 2.62 bits per heavy atom. The van der Waals surface area contributed by atoms with E-state index in [4.69, 9.17) is 8.83 Å². The number of nitrogens with one attached hydrogen (secondary N) is 2. The Morgan fingerprint density at radius 1 is 1.03 bits per heavy atom. The van der Waals surface area contributed by atoms with E-state index in [9.17, 15) is 0 Å². The van der Waals surface area contributed by atoms with Gasteiger partial charge in [0.15, 0.2) is 5.96 Å². The van der Waals surface area contributed by atoms with E-state index in [1.54, 1.807) is 13.3 Å². The zero-order valence-electron chi connectivity index (χ0n) is 16.1. The molecule has 4 aromatic rings. The summed E-state index contributed by atoms with van der Waals surface area (Å²) in [5.41, 5.74) is 2.70. The number of aromatic nitrogens is 1. The van der Waals surface area contributed by atoms with Crippen LogP contribution in [0.4, 0.5) is 0 Å². The molecule has 2 aromatic heterocycles. The largest absolute Gasteiger partial charge is 0.461 e. The second-order valence-corrected chi connectivity index (χ2v) is 6.36. The van der Waals surface area contributed by atoms with Crippen molar-refractivity contribution in [2.45, 2.75) is 13.0 Å². The minimum atomic E-state index is 0. The van der Waals surface area contributed by atoms with Crippen LogP contribution in [0.25, 0.3) is 22.4 Å².